The normalized spacial score (nSPS) is 21.3. The van der Waals surface area contributed by atoms with Gasteiger partial charge in [0.2, 0.25) is 0 Å². The molecule has 2 aromatic carbocycles. The number of carboxylic acid groups (broad SMARTS) is 1. The number of nitrogen functional groups attached to an aromatic ring is 1. The number of aromatic nitrogens is 1. The molecule has 1 saturated carbocycles. The van der Waals surface area contributed by atoms with Gasteiger partial charge in [-0.05, 0) is 79.5 Å². The topological polar surface area (TPSA) is 146 Å². The van der Waals surface area contributed by atoms with Gasteiger partial charge in [-0.3, -0.25) is 9.59 Å². The maximum Gasteiger partial charge on any atom is 0.323 e. The summed E-state index contributed by atoms with van der Waals surface area (Å²) < 4.78 is 13.5. The van der Waals surface area contributed by atoms with Crippen molar-refractivity contribution in [1.82, 2.24) is 14.8 Å². The summed E-state index contributed by atoms with van der Waals surface area (Å²) in [5.74, 6) is -1.33. The van der Waals surface area contributed by atoms with Crippen molar-refractivity contribution in [3.8, 4) is 0 Å². The van der Waals surface area contributed by atoms with Gasteiger partial charge < -0.3 is 31.3 Å². The third-order valence-corrected chi connectivity index (χ3v) is 8.23. The van der Waals surface area contributed by atoms with Crippen LogP contribution in [0.2, 0.25) is 0 Å². The molecular weight excluding hydrogens is 515 g/mol. The highest BCUT2D eigenvalue weighted by atomic mass is 19.1. The largest absolute Gasteiger partial charge is 0.480 e. The van der Waals surface area contributed by atoms with Gasteiger partial charge in [0.15, 0.2) is 0 Å². The fourth-order valence-corrected chi connectivity index (χ4v) is 6.17. The first kappa shape index (κ1) is 27.2. The van der Waals surface area contributed by atoms with E-state index in [-0.39, 0.29) is 29.7 Å². The zero-order valence-electron chi connectivity index (χ0n) is 22.1. The number of hydrogen-bond acceptors (Lipinski definition) is 6. The van der Waals surface area contributed by atoms with Crippen molar-refractivity contribution < 1.29 is 23.9 Å². The van der Waals surface area contributed by atoms with Gasteiger partial charge in [-0.1, -0.05) is 6.07 Å². The van der Waals surface area contributed by atoms with Crippen LogP contribution in [0, 0.1) is 11.7 Å². The third-order valence-electron chi connectivity index (χ3n) is 8.23. The molecule has 1 atom stereocenters. The Kier molecular flexibility index (Phi) is 7.72. The summed E-state index contributed by atoms with van der Waals surface area (Å²) in [6.45, 7) is 1.20. The van der Waals surface area contributed by atoms with Gasteiger partial charge in [0.05, 0.1) is 6.04 Å². The Balaban J connectivity index is 1.31. The Bertz CT molecular complexity index is 1410. The molecule has 0 bridgehead atoms. The van der Waals surface area contributed by atoms with Crippen LogP contribution in [0.15, 0.2) is 54.7 Å². The van der Waals surface area contributed by atoms with Crippen LogP contribution in [0.4, 0.5) is 20.7 Å². The Morgan fingerprint density at radius 3 is 2.42 bits per heavy atom. The summed E-state index contributed by atoms with van der Waals surface area (Å²) >= 11 is 0. The van der Waals surface area contributed by atoms with Gasteiger partial charge in [0, 0.05) is 48.5 Å². The molecule has 11 heteroatoms. The van der Waals surface area contributed by atoms with Crippen molar-refractivity contribution in [2.75, 3.05) is 36.8 Å². The Labute approximate surface area is 231 Å². The average molecular weight is 549 g/mol. The van der Waals surface area contributed by atoms with E-state index in [1.165, 1.54) is 17.0 Å². The number of fused-ring (bicyclic) bond motifs is 1. The molecule has 5 rings (SSSR count). The number of urea groups is 1. The molecule has 2 heterocycles. The monoisotopic (exact) mass is 548 g/mol. The number of rotatable bonds is 6. The molecule has 1 aliphatic heterocycles. The second-order valence-electron chi connectivity index (χ2n) is 10.5. The number of primary amides is 1. The molecule has 1 saturated heterocycles. The van der Waals surface area contributed by atoms with Crippen LogP contribution in [0.3, 0.4) is 0 Å². The van der Waals surface area contributed by atoms with Crippen LogP contribution in [0.5, 0.6) is 0 Å². The summed E-state index contributed by atoms with van der Waals surface area (Å²) in [6, 6.07) is 12.4. The van der Waals surface area contributed by atoms with Gasteiger partial charge in [0.25, 0.3) is 5.91 Å². The molecule has 5 N–H and O–H groups in total. The number of carbonyl (C=O) groups excluding carboxylic acids is 2. The van der Waals surface area contributed by atoms with E-state index < -0.39 is 18.5 Å². The van der Waals surface area contributed by atoms with E-state index in [9.17, 15) is 23.9 Å². The predicted molar refractivity (Wildman–Crippen MR) is 149 cm³/mol. The number of carbonyl (C=O) groups is 3. The maximum atomic E-state index is 13.6. The lowest BCUT2D eigenvalue weighted by atomic mass is 9.79. The standard InChI is InChI=1S/C29H33FN6O4/c30-21-5-9-22(10-6-21)34-13-14-35(29(32)40)25(16-34)19-3-7-23(8-4-19)36(17-26(37)38)28(39)20-2-1-18-11-12-33-27(31)24(18)15-20/h1-2,5-6,9-12,15,19,23,25H,3-4,7-8,13-14,16-17H2,(H2,31,33)(H2,32,40)(H,37,38). The SMILES string of the molecule is NC(=O)N1CCN(c2ccc(F)cc2)CC1C1CCC(N(CC(=O)O)C(=O)c2ccc3ccnc(N)c3c2)CC1. The van der Waals surface area contributed by atoms with Crippen molar-refractivity contribution in [1.29, 1.82) is 0 Å². The Morgan fingerprint density at radius 2 is 1.75 bits per heavy atom. The van der Waals surface area contributed by atoms with Gasteiger partial charge in [0.1, 0.15) is 18.2 Å². The van der Waals surface area contributed by atoms with Gasteiger partial charge in [-0.25, -0.2) is 14.2 Å². The quantitative estimate of drug-likeness (QED) is 0.428. The number of nitrogens with two attached hydrogens (primary N) is 2. The molecule has 210 valence electrons. The highest BCUT2D eigenvalue weighted by Gasteiger charge is 2.39. The summed E-state index contributed by atoms with van der Waals surface area (Å²) in [5.41, 5.74) is 13.0. The smallest absolute Gasteiger partial charge is 0.323 e. The molecule has 2 aliphatic rings. The Morgan fingerprint density at radius 1 is 1.02 bits per heavy atom. The summed E-state index contributed by atoms with van der Waals surface area (Å²) in [6.07, 6.45) is 4.20. The highest BCUT2D eigenvalue weighted by molar-refractivity contribution is 6.01. The number of nitrogens with zero attached hydrogens (tertiary/aromatic N) is 4. The van der Waals surface area contributed by atoms with Crippen LogP contribution in [0.1, 0.15) is 36.0 Å². The second kappa shape index (κ2) is 11.4. The van der Waals surface area contributed by atoms with Gasteiger partial charge in [-0.2, -0.15) is 0 Å². The minimum atomic E-state index is -1.08. The molecule has 1 aromatic heterocycles. The zero-order valence-corrected chi connectivity index (χ0v) is 22.1. The molecule has 2 fully saturated rings. The van der Waals surface area contributed by atoms with E-state index in [0.717, 1.165) is 11.1 Å². The van der Waals surface area contributed by atoms with E-state index >= 15 is 0 Å². The third kappa shape index (κ3) is 5.63. The number of hydrogen-bond donors (Lipinski definition) is 3. The number of anilines is 2. The second-order valence-corrected chi connectivity index (χ2v) is 10.5. The molecule has 3 aromatic rings. The van der Waals surface area contributed by atoms with Crippen molar-refractivity contribution in [3.05, 3.63) is 66.1 Å². The molecule has 0 radical (unpaired) electrons. The number of benzene rings is 2. The molecule has 3 amide bonds. The van der Waals surface area contributed by atoms with Crippen LogP contribution in [0.25, 0.3) is 10.8 Å². The van der Waals surface area contributed by atoms with E-state index in [0.29, 0.717) is 62.1 Å². The van der Waals surface area contributed by atoms with Crippen LogP contribution in [-0.2, 0) is 4.79 Å². The predicted octanol–water partition coefficient (Wildman–Crippen LogP) is 3.31. The minimum Gasteiger partial charge on any atom is -0.480 e. The number of piperazine rings is 1. The van der Waals surface area contributed by atoms with E-state index in [2.05, 4.69) is 9.88 Å². The molecule has 0 spiro atoms. The van der Waals surface area contributed by atoms with Crippen LogP contribution in [-0.4, -0.2) is 76.1 Å². The first-order valence-corrected chi connectivity index (χ1v) is 13.4. The first-order valence-electron chi connectivity index (χ1n) is 13.4. The van der Waals surface area contributed by atoms with Crippen molar-refractivity contribution >= 4 is 40.2 Å². The fraction of sp³-hybridized carbons (Fsp3) is 0.379. The van der Waals surface area contributed by atoms with Crippen molar-refractivity contribution in [2.45, 2.75) is 37.8 Å². The lowest BCUT2D eigenvalue weighted by Gasteiger charge is -2.47. The number of carboxylic acids is 1. The average Bonchev–Trinajstić information content (AvgIpc) is 2.96. The summed E-state index contributed by atoms with van der Waals surface area (Å²) in [5, 5.41) is 11.1. The Hall–Kier alpha value is -4.41. The molecule has 1 unspecified atom stereocenters. The number of halogens is 1. The van der Waals surface area contributed by atoms with Gasteiger partial charge in [-0.15, -0.1) is 0 Å². The van der Waals surface area contributed by atoms with E-state index in [4.69, 9.17) is 11.5 Å². The minimum absolute atomic E-state index is 0.125. The van der Waals surface area contributed by atoms with Crippen LogP contribution < -0.4 is 16.4 Å². The van der Waals surface area contributed by atoms with Crippen molar-refractivity contribution in [2.24, 2.45) is 11.7 Å². The fourth-order valence-electron chi connectivity index (χ4n) is 6.17. The van der Waals surface area contributed by atoms with Gasteiger partial charge >= 0.3 is 12.0 Å². The number of pyridine rings is 1. The van der Waals surface area contributed by atoms with Crippen LogP contribution >= 0.6 is 0 Å². The van der Waals surface area contributed by atoms with E-state index in [1.54, 1.807) is 47.5 Å². The molecule has 1 aliphatic carbocycles. The molecule has 10 nitrogen and oxygen atoms in total. The number of aliphatic carboxylic acids is 1. The lowest BCUT2D eigenvalue weighted by molar-refractivity contribution is -0.138. The summed E-state index contributed by atoms with van der Waals surface area (Å²) in [7, 11) is 0. The molecular formula is C29H33FN6O4. The zero-order chi connectivity index (χ0) is 28.4. The van der Waals surface area contributed by atoms with E-state index in [1.807, 2.05) is 0 Å². The first-order chi connectivity index (χ1) is 19.2. The molecule has 40 heavy (non-hydrogen) atoms. The highest BCUT2D eigenvalue weighted by Crippen LogP contribution is 2.35. The van der Waals surface area contributed by atoms with Crippen molar-refractivity contribution in [3.63, 3.8) is 0 Å². The maximum absolute atomic E-state index is 13.6. The summed E-state index contributed by atoms with van der Waals surface area (Å²) in [4.78, 5) is 47.0. The lowest BCUT2D eigenvalue weighted by Crippen LogP contribution is -2.60. The number of amides is 3.